The van der Waals surface area contributed by atoms with Gasteiger partial charge in [0.15, 0.2) is 12.6 Å². The predicted octanol–water partition coefficient (Wildman–Crippen LogP) is -5.40. The lowest BCUT2D eigenvalue weighted by molar-refractivity contribution is -0.355. The Labute approximate surface area is 130 Å². The van der Waals surface area contributed by atoms with Crippen molar-refractivity contribution in [1.82, 2.24) is 0 Å². The molecule has 2 heterocycles. The summed E-state index contributed by atoms with van der Waals surface area (Å²) in [5.41, 5.74) is 0. The molecule has 2 rings (SSSR count). The topological polar surface area (TPSA) is 190 Å². The van der Waals surface area contributed by atoms with Gasteiger partial charge in [-0.25, -0.2) is 0 Å². The highest BCUT2D eigenvalue weighted by Crippen LogP contribution is 2.28. The molecular weight excluding hydrogens is 320 g/mol. The highest BCUT2D eigenvalue weighted by Gasteiger charge is 2.50. The maximum Gasteiger partial charge on any atom is 0.187 e. The van der Waals surface area contributed by atoms with Crippen molar-refractivity contribution < 1.29 is 55.1 Å². The van der Waals surface area contributed by atoms with Gasteiger partial charge >= 0.3 is 0 Å². The molecule has 0 aromatic carbocycles. The lowest BCUT2D eigenvalue weighted by Crippen LogP contribution is -2.64. The van der Waals surface area contributed by atoms with Gasteiger partial charge < -0.3 is 55.1 Å². The minimum Gasteiger partial charge on any atom is -0.394 e. The van der Waals surface area contributed by atoms with Gasteiger partial charge in [0.05, 0.1) is 13.2 Å². The van der Waals surface area contributed by atoms with Gasteiger partial charge in [0.2, 0.25) is 0 Å². The molecule has 0 aromatic heterocycles. The summed E-state index contributed by atoms with van der Waals surface area (Å²) in [4.78, 5) is 0. The van der Waals surface area contributed by atoms with E-state index in [0.29, 0.717) is 0 Å². The average Bonchev–Trinajstić information content (AvgIpc) is 2.55. The van der Waals surface area contributed by atoms with Gasteiger partial charge in [0, 0.05) is 0 Å². The summed E-state index contributed by atoms with van der Waals surface area (Å²) in [5.74, 6) is 0. The van der Waals surface area contributed by atoms with Crippen LogP contribution < -0.4 is 0 Å². The summed E-state index contributed by atoms with van der Waals surface area (Å²) in [6, 6.07) is 0. The van der Waals surface area contributed by atoms with Crippen LogP contribution in [0.15, 0.2) is 0 Å². The maximum atomic E-state index is 9.94. The van der Waals surface area contributed by atoms with Gasteiger partial charge in [0.25, 0.3) is 0 Å². The van der Waals surface area contributed by atoms with Gasteiger partial charge in [-0.05, 0) is 0 Å². The first kappa shape index (κ1) is 18.9. The Morgan fingerprint density at radius 3 is 1.83 bits per heavy atom. The van der Waals surface area contributed by atoms with Crippen molar-refractivity contribution in [3.63, 3.8) is 0 Å². The van der Waals surface area contributed by atoms with Gasteiger partial charge in [-0.15, -0.1) is 0 Å². The Bertz CT molecular complexity index is 378. The largest absolute Gasteiger partial charge is 0.394 e. The molecule has 2 fully saturated rings. The molecule has 5 unspecified atom stereocenters. The van der Waals surface area contributed by atoms with Crippen molar-refractivity contribution >= 4 is 0 Å². The third-order valence-electron chi connectivity index (χ3n) is 3.98. The zero-order valence-electron chi connectivity index (χ0n) is 12.0. The predicted molar refractivity (Wildman–Crippen MR) is 68.6 cm³/mol. The van der Waals surface area contributed by atoms with Crippen molar-refractivity contribution in [2.45, 2.75) is 61.4 Å². The zero-order chi connectivity index (χ0) is 17.3. The molecule has 0 bridgehead atoms. The summed E-state index contributed by atoms with van der Waals surface area (Å²) in [6.07, 6.45) is -15.6. The molecule has 136 valence electrons. The van der Waals surface area contributed by atoms with Crippen molar-refractivity contribution in [1.29, 1.82) is 0 Å². The first-order valence-corrected chi connectivity index (χ1v) is 7.08. The van der Waals surface area contributed by atoms with Gasteiger partial charge in [-0.3, -0.25) is 0 Å². The van der Waals surface area contributed by atoms with E-state index in [1.165, 1.54) is 0 Å². The molecule has 11 nitrogen and oxygen atoms in total. The van der Waals surface area contributed by atoms with Gasteiger partial charge in [0.1, 0.15) is 48.8 Å². The van der Waals surface area contributed by atoms with Gasteiger partial charge in [-0.2, -0.15) is 0 Å². The fourth-order valence-corrected chi connectivity index (χ4v) is 2.57. The molecule has 0 saturated carbocycles. The molecule has 2 aliphatic rings. The molecule has 11 heteroatoms. The summed E-state index contributed by atoms with van der Waals surface area (Å²) in [6.45, 7) is -1.35. The fourth-order valence-electron chi connectivity index (χ4n) is 2.57. The van der Waals surface area contributed by atoms with Crippen LogP contribution in [0.5, 0.6) is 0 Å². The summed E-state index contributed by atoms with van der Waals surface area (Å²) in [5, 5.41) is 76.5. The molecule has 8 N–H and O–H groups in total. The molecule has 23 heavy (non-hydrogen) atoms. The Balaban J connectivity index is 2.11. The standard InChI is InChI=1S/C12H22O11/c13-1-3-5(15)6(16)9(19)12(22-3)23-10-4(2-14)21-11(20)8(18)7(10)17/h3-20H,1-2H2/t3-,4-,5?,6+,7-,8?,9?,10?,11-,12?/m1/s1. The van der Waals surface area contributed by atoms with Crippen LogP contribution in [0.25, 0.3) is 0 Å². The Morgan fingerprint density at radius 2 is 1.26 bits per heavy atom. The number of rotatable bonds is 4. The first-order valence-electron chi connectivity index (χ1n) is 7.08. The van der Waals surface area contributed by atoms with Crippen molar-refractivity contribution in [3.05, 3.63) is 0 Å². The molecule has 10 atom stereocenters. The zero-order valence-corrected chi connectivity index (χ0v) is 12.0. The number of ether oxygens (including phenoxy) is 3. The Hall–Kier alpha value is -0.440. The van der Waals surface area contributed by atoms with Crippen LogP contribution in [0.1, 0.15) is 0 Å². The van der Waals surface area contributed by atoms with Crippen LogP contribution in [0.4, 0.5) is 0 Å². The van der Waals surface area contributed by atoms with Crippen LogP contribution in [0.3, 0.4) is 0 Å². The highest BCUT2D eigenvalue weighted by atomic mass is 16.7. The first-order chi connectivity index (χ1) is 10.8. The van der Waals surface area contributed by atoms with E-state index in [9.17, 15) is 35.7 Å². The quantitative estimate of drug-likeness (QED) is 0.243. The van der Waals surface area contributed by atoms with Crippen LogP contribution in [-0.4, -0.2) is 115 Å². The van der Waals surface area contributed by atoms with E-state index < -0.39 is 74.6 Å². The van der Waals surface area contributed by atoms with Crippen molar-refractivity contribution in [2.75, 3.05) is 13.2 Å². The van der Waals surface area contributed by atoms with E-state index in [1.54, 1.807) is 0 Å². The SMILES string of the molecule is OC[C@H]1OC(OC2[C@H](O)C(O)[C@H](O)O[C@@H]2CO)C(O)[C@@H](O)C1O. The number of aliphatic hydroxyl groups excluding tert-OH is 8. The monoisotopic (exact) mass is 342 g/mol. The second kappa shape index (κ2) is 7.63. The molecule has 0 amide bonds. The molecule has 0 aliphatic carbocycles. The number of aliphatic hydroxyl groups is 8. The minimum atomic E-state index is -1.74. The molecule has 0 aromatic rings. The summed E-state index contributed by atoms with van der Waals surface area (Å²) < 4.78 is 15.3. The molecular formula is C12H22O11. The molecule has 2 aliphatic heterocycles. The molecule has 0 radical (unpaired) electrons. The van der Waals surface area contributed by atoms with Crippen LogP contribution in [0.2, 0.25) is 0 Å². The van der Waals surface area contributed by atoms with E-state index in [4.69, 9.17) is 19.3 Å². The average molecular weight is 342 g/mol. The third-order valence-corrected chi connectivity index (χ3v) is 3.98. The van der Waals surface area contributed by atoms with Crippen molar-refractivity contribution in [3.8, 4) is 0 Å². The van der Waals surface area contributed by atoms with E-state index >= 15 is 0 Å². The van der Waals surface area contributed by atoms with E-state index in [2.05, 4.69) is 0 Å². The smallest absolute Gasteiger partial charge is 0.187 e. The summed E-state index contributed by atoms with van der Waals surface area (Å²) >= 11 is 0. The lowest BCUT2D eigenvalue weighted by atomic mass is 9.97. The Kier molecular flexibility index (Phi) is 6.27. The Morgan fingerprint density at radius 1 is 0.652 bits per heavy atom. The fraction of sp³-hybridized carbons (Fsp3) is 1.00. The van der Waals surface area contributed by atoms with Crippen molar-refractivity contribution in [2.24, 2.45) is 0 Å². The highest BCUT2D eigenvalue weighted by molar-refractivity contribution is 4.93. The third kappa shape index (κ3) is 3.65. The van der Waals surface area contributed by atoms with Crippen LogP contribution in [0, 0.1) is 0 Å². The number of hydrogen-bond acceptors (Lipinski definition) is 11. The maximum absolute atomic E-state index is 9.94. The minimum absolute atomic E-state index is 0.667. The van der Waals surface area contributed by atoms with Crippen LogP contribution in [-0.2, 0) is 14.2 Å². The normalized spacial score (nSPS) is 51.7. The summed E-state index contributed by atoms with van der Waals surface area (Å²) in [7, 11) is 0. The second-order valence-electron chi connectivity index (χ2n) is 5.53. The van der Waals surface area contributed by atoms with E-state index in [1.807, 2.05) is 0 Å². The van der Waals surface area contributed by atoms with Gasteiger partial charge in [-0.1, -0.05) is 0 Å². The lowest BCUT2D eigenvalue weighted by Gasteiger charge is -2.45. The van der Waals surface area contributed by atoms with E-state index in [0.717, 1.165) is 0 Å². The molecule has 2 saturated heterocycles. The van der Waals surface area contributed by atoms with E-state index in [-0.39, 0.29) is 0 Å². The number of hydrogen-bond donors (Lipinski definition) is 8. The molecule has 0 spiro atoms. The second-order valence-corrected chi connectivity index (χ2v) is 5.53. The van der Waals surface area contributed by atoms with Crippen LogP contribution >= 0.6 is 0 Å².